The minimum atomic E-state index is 0.294. The highest BCUT2D eigenvalue weighted by Gasteiger charge is 2.27. The number of hydrogen-bond acceptors (Lipinski definition) is 1. The van der Waals surface area contributed by atoms with E-state index in [1.165, 1.54) is 15.6 Å². The molecule has 0 saturated heterocycles. The summed E-state index contributed by atoms with van der Waals surface area (Å²) < 4.78 is 1.19. The van der Waals surface area contributed by atoms with Crippen LogP contribution < -0.4 is 0 Å². The molecule has 1 atom stereocenters. The van der Waals surface area contributed by atoms with E-state index in [4.69, 9.17) is 0 Å². The standard InChI is InChI=1S/C16H22BrNO/c1-3-10-18(16(19)4-2)13-9-8-12-6-5-7-15(17)14(12)11-13/h5-7,13H,3-4,8-11H2,1-2H3. The van der Waals surface area contributed by atoms with Gasteiger partial charge in [0.05, 0.1) is 0 Å². The Morgan fingerprint density at radius 1 is 1.42 bits per heavy atom. The second-order valence-corrected chi connectivity index (χ2v) is 6.07. The molecule has 1 amide bonds. The van der Waals surface area contributed by atoms with Crippen molar-refractivity contribution < 1.29 is 4.79 Å². The smallest absolute Gasteiger partial charge is 0.222 e. The molecule has 2 rings (SSSR count). The number of carbonyl (C=O) groups excluding carboxylic acids is 1. The normalized spacial score (nSPS) is 17.9. The molecule has 0 fully saturated rings. The van der Waals surface area contributed by atoms with Gasteiger partial charge in [-0.1, -0.05) is 41.9 Å². The monoisotopic (exact) mass is 323 g/mol. The molecule has 1 aliphatic rings. The summed E-state index contributed by atoms with van der Waals surface area (Å²) in [5.41, 5.74) is 2.83. The van der Waals surface area contributed by atoms with E-state index in [0.29, 0.717) is 18.4 Å². The van der Waals surface area contributed by atoms with Crippen LogP contribution in [0.4, 0.5) is 0 Å². The Balaban J connectivity index is 2.19. The topological polar surface area (TPSA) is 20.3 Å². The van der Waals surface area contributed by atoms with Crippen molar-refractivity contribution in [3.8, 4) is 0 Å². The van der Waals surface area contributed by atoms with Crippen molar-refractivity contribution in [1.29, 1.82) is 0 Å². The Kier molecular flexibility index (Phi) is 5.03. The average molecular weight is 324 g/mol. The molecule has 1 aromatic carbocycles. The average Bonchev–Trinajstić information content (AvgIpc) is 2.44. The molecule has 0 aromatic heterocycles. The summed E-state index contributed by atoms with van der Waals surface area (Å²) in [5, 5.41) is 0. The van der Waals surface area contributed by atoms with Crippen LogP contribution in [-0.2, 0) is 17.6 Å². The minimum Gasteiger partial charge on any atom is -0.339 e. The quantitative estimate of drug-likeness (QED) is 0.821. The first-order valence-corrected chi connectivity index (χ1v) is 8.02. The van der Waals surface area contributed by atoms with Crippen LogP contribution in [0.25, 0.3) is 0 Å². The number of carbonyl (C=O) groups is 1. The van der Waals surface area contributed by atoms with Crippen LogP contribution in [-0.4, -0.2) is 23.4 Å². The lowest BCUT2D eigenvalue weighted by molar-refractivity contribution is -0.133. The SMILES string of the molecule is CCCN(C(=O)CC)C1CCc2cccc(Br)c2C1. The Morgan fingerprint density at radius 2 is 2.21 bits per heavy atom. The maximum absolute atomic E-state index is 12.1. The van der Waals surface area contributed by atoms with Gasteiger partial charge in [-0.05, 0) is 42.9 Å². The van der Waals surface area contributed by atoms with E-state index in [0.717, 1.165) is 32.2 Å². The summed E-state index contributed by atoms with van der Waals surface area (Å²) in [6.45, 7) is 4.98. The zero-order valence-electron chi connectivity index (χ0n) is 11.8. The molecule has 0 saturated carbocycles. The lowest BCUT2D eigenvalue weighted by Gasteiger charge is -2.35. The number of nitrogens with zero attached hydrogens (tertiary/aromatic N) is 1. The van der Waals surface area contributed by atoms with Gasteiger partial charge >= 0.3 is 0 Å². The van der Waals surface area contributed by atoms with Gasteiger partial charge < -0.3 is 4.90 Å². The van der Waals surface area contributed by atoms with Crippen LogP contribution in [0.5, 0.6) is 0 Å². The zero-order chi connectivity index (χ0) is 13.8. The fourth-order valence-corrected chi connectivity index (χ4v) is 3.52. The van der Waals surface area contributed by atoms with Crippen molar-refractivity contribution >= 4 is 21.8 Å². The Labute approximate surface area is 124 Å². The lowest BCUT2D eigenvalue weighted by Crippen LogP contribution is -2.43. The summed E-state index contributed by atoms with van der Waals surface area (Å²) in [6.07, 6.45) is 4.80. The largest absolute Gasteiger partial charge is 0.339 e. The molecule has 0 N–H and O–H groups in total. The van der Waals surface area contributed by atoms with Crippen LogP contribution >= 0.6 is 15.9 Å². The molecule has 0 spiro atoms. The van der Waals surface area contributed by atoms with Gasteiger partial charge in [0.15, 0.2) is 0 Å². The maximum atomic E-state index is 12.1. The molecular weight excluding hydrogens is 302 g/mol. The molecule has 0 heterocycles. The second kappa shape index (κ2) is 6.56. The number of rotatable bonds is 4. The van der Waals surface area contributed by atoms with Gasteiger partial charge in [0.1, 0.15) is 0 Å². The predicted molar refractivity (Wildman–Crippen MR) is 82.3 cm³/mol. The highest BCUT2D eigenvalue weighted by atomic mass is 79.9. The second-order valence-electron chi connectivity index (χ2n) is 5.21. The first kappa shape index (κ1) is 14.6. The van der Waals surface area contributed by atoms with Crippen molar-refractivity contribution in [2.45, 2.75) is 52.0 Å². The zero-order valence-corrected chi connectivity index (χ0v) is 13.4. The van der Waals surface area contributed by atoms with Crippen molar-refractivity contribution in [2.75, 3.05) is 6.54 Å². The molecule has 0 bridgehead atoms. The van der Waals surface area contributed by atoms with Crippen LogP contribution in [0.1, 0.15) is 44.2 Å². The molecule has 2 nitrogen and oxygen atoms in total. The molecule has 0 aliphatic heterocycles. The van der Waals surface area contributed by atoms with Gasteiger partial charge in [-0.3, -0.25) is 4.79 Å². The first-order valence-electron chi connectivity index (χ1n) is 7.23. The van der Waals surface area contributed by atoms with E-state index in [1.54, 1.807) is 0 Å². The summed E-state index contributed by atoms with van der Waals surface area (Å²) >= 11 is 3.65. The molecule has 3 heteroatoms. The van der Waals surface area contributed by atoms with Crippen LogP contribution in [0.15, 0.2) is 22.7 Å². The van der Waals surface area contributed by atoms with E-state index in [-0.39, 0.29) is 0 Å². The number of benzene rings is 1. The maximum Gasteiger partial charge on any atom is 0.222 e. The van der Waals surface area contributed by atoms with Crippen molar-refractivity contribution in [2.24, 2.45) is 0 Å². The van der Waals surface area contributed by atoms with Gasteiger partial charge in [0.25, 0.3) is 0 Å². The van der Waals surface area contributed by atoms with E-state index < -0.39 is 0 Å². The molecular formula is C16H22BrNO. The Bertz CT molecular complexity index is 458. The van der Waals surface area contributed by atoms with E-state index in [9.17, 15) is 4.79 Å². The molecule has 1 aromatic rings. The number of amides is 1. The van der Waals surface area contributed by atoms with Crippen LogP contribution in [0, 0.1) is 0 Å². The van der Waals surface area contributed by atoms with Gasteiger partial charge in [0.2, 0.25) is 5.91 Å². The number of halogens is 1. The summed E-state index contributed by atoms with van der Waals surface area (Å²) in [7, 11) is 0. The van der Waals surface area contributed by atoms with Gasteiger partial charge in [-0.25, -0.2) is 0 Å². The van der Waals surface area contributed by atoms with Crippen molar-refractivity contribution in [1.82, 2.24) is 4.90 Å². The summed E-state index contributed by atoms with van der Waals surface area (Å²) in [4.78, 5) is 14.2. The first-order chi connectivity index (χ1) is 9.17. The van der Waals surface area contributed by atoms with Crippen LogP contribution in [0.3, 0.4) is 0 Å². The van der Waals surface area contributed by atoms with Crippen molar-refractivity contribution in [3.63, 3.8) is 0 Å². The predicted octanol–water partition coefficient (Wildman–Crippen LogP) is 3.96. The Morgan fingerprint density at radius 3 is 2.89 bits per heavy atom. The van der Waals surface area contributed by atoms with Crippen LogP contribution in [0.2, 0.25) is 0 Å². The van der Waals surface area contributed by atoms with E-state index >= 15 is 0 Å². The van der Waals surface area contributed by atoms with Crippen molar-refractivity contribution in [3.05, 3.63) is 33.8 Å². The highest BCUT2D eigenvalue weighted by Crippen LogP contribution is 2.30. The van der Waals surface area contributed by atoms with E-state index in [1.807, 2.05) is 6.92 Å². The fraction of sp³-hybridized carbons (Fsp3) is 0.562. The third-order valence-corrected chi connectivity index (χ3v) is 4.67. The van der Waals surface area contributed by atoms with Gasteiger partial charge in [-0.15, -0.1) is 0 Å². The highest BCUT2D eigenvalue weighted by molar-refractivity contribution is 9.10. The molecule has 1 aliphatic carbocycles. The summed E-state index contributed by atoms with van der Waals surface area (Å²) in [6, 6.07) is 6.79. The Hall–Kier alpha value is -0.830. The van der Waals surface area contributed by atoms with E-state index in [2.05, 4.69) is 46.0 Å². The molecule has 0 radical (unpaired) electrons. The fourth-order valence-electron chi connectivity index (χ4n) is 2.95. The molecule has 104 valence electrons. The lowest BCUT2D eigenvalue weighted by atomic mass is 9.87. The van der Waals surface area contributed by atoms with Gasteiger partial charge in [-0.2, -0.15) is 0 Å². The number of hydrogen-bond donors (Lipinski definition) is 0. The molecule has 19 heavy (non-hydrogen) atoms. The third-order valence-electron chi connectivity index (χ3n) is 3.93. The minimum absolute atomic E-state index is 0.294. The number of fused-ring (bicyclic) bond motifs is 1. The van der Waals surface area contributed by atoms with Gasteiger partial charge in [0, 0.05) is 23.5 Å². The number of aryl methyl sites for hydroxylation is 1. The molecule has 1 unspecified atom stereocenters. The summed E-state index contributed by atoms with van der Waals surface area (Å²) in [5.74, 6) is 0.294. The third kappa shape index (κ3) is 3.19.